The van der Waals surface area contributed by atoms with Gasteiger partial charge in [0.25, 0.3) is 0 Å². The number of carbonyl (C=O) groups is 2. The normalized spacial score (nSPS) is 15.5. The van der Waals surface area contributed by atoms with Crippen LogP contribution in [-0.4, -0.2) is 43.3 Å². The molecule has 1 atom stereocenters. The third kappa shape index (κ3) is 5.06. The molecule has 1 aromatic heterocycles. The Hall–Kier alpha value is -2.38. The molecule has 1 saturated heterocycles. The van der Waals surface area contributed by atoms with Crippen molar-refractivity contribution in [2.75, 3.05) is 36.5 Å². The Kier molecular flexibility index (Phi) is 6.25. The molecule has 1 aliphatic rings. The third-order valence-corrected chi connectivity index (χ3v) is 5.36. The van der Waals surface area contributed by atoms with Gasteiger partial charge in [0, 0.05) is 41.7 Å². The molecular weight excluding hydrogens is 352 g/mol. The van der Waals surface area contributed by atoms with Crippen LogP contribution in [0.4, 0.5) is 11.4 Å². The van der Waals surface area contributed by atoms with Crippen molar-refractivity contribution < 1.29 is 19.4 Å². The summed E-state index contributed by atoms with van der Waals surface area (Å²) >= 11 is 1.48. The van der Waals surface area contributed by atoms with E-state index in [0.717, 1.165) is 36.9 Å². The van der Waals surface area contributed by atoms with Gasteiger partial charge in [-0.15, -0.1) is 11.3 Å². The standard InChI is InChI=1S/C19H22N2O4S/c22-18(12-14(13-19(23)24)17-2-1-11-26-17)20-15-3-5-16(6-4-15)21-7-9-25-10-8-21/h1-6,11,14H,7-10,12-13H2,(H,20,22)(H,23,24)/t14-/m0/s1. The first-order valence-corrected chi connectivity index (χ1v) is 9.47. The molecule has 1 fully saturated rings. The molecular formula is C19H22N2O4S. The Morgan fingerprint density at radius 3 is 2.50 bits per heavy atom. The molecule has 3 rings (SSSR count). The molecule has 2 heterocycles. The molecule has 1 aliphatic heterocycles. The van der Waals surface area contributed by atoms with Crippen molar-refractivity contribution in [2.24, 2.45) is 0 Å². The lowest BCUT2D eigenvalue weighted by atomic mass is 9.99. The molecule has 2 aromatic rings. The minimum absolute atomic E-state index is 0.0517. The molecule has 26 heavy (non-hydrogen) atoms. The van der Waals surface area contributed by atoms with Crippen LogP contribution in [0.25, 0.3) is 0 Å². The minimum atomic E-state index is -0.897. The Morgan fingerprint density at radius 1 is 1.15 bits per heavy atom. The highest BCUT2D eigenvalue weighted by Gasteiger charge is 2.20. The largest absolute Gasteiger partial charge is 0.481 e. The lowest BCUT2D eigenvalue weighted by Crippen LogP contribution is -2.36. The molecule has 0 aliphatic carbocycles. The van der Waals surface area contributed by atoms with Crippen molar-refractivity contribution in [3.05, 3.63) is 46.7 Å². The van der Waals surface area contributed by atoms with Gasteiger partial charge in [-0.05, 0) is 35.7 Å². The average molecular weight is 374 g/mol. The third-order valence-electron chi connectivity index (χ3n) is 4.33. The second-order valence-electron chi connectivity index (χ2n) is 6.21. The van der Waals surface area contributed by atoms with E-state index in [4.69, 9.17) is 9.84 Å². The Balaban J connectivity index is 1.58. The van der Waals surface area contributed by atoms with Crippen LogP contribution in [0.5, 0.6) is 0 Å². The number of benzene rings is 1. The fraction of sp³-hybridized carbons (Fsp3) is 0.368. The van der Waals surface area contributed by atoms with E-state index in [2.05, 4.69) is 10.2 Å². The van der Waals surface area contributed by atoms with Gasteiger partial charge in [0.1, 0.15) is 0 Å². The van der Waals surface area contributed by atoms with Crippen molar-refractivity contribution in [2.45, 2.75) is 18.8 Å². The number of thiophene rings is 1. The van der Waals surface area contributed by atoms with Crippen LogP contribution in [-0.2, 0) is 14.3 Å². The van der Waals surface area contributed by atoms with Crippen molar-refractivity contribution in [1.29, 1.82) is 0 Å². The quantitative estimate of drug-likeness (QED) is 0.778. The highest BCUT2D eigenvalue weighted by atomic mass is 32.1. The Morgan fingerprint density at radius 2 is 1.88 bits per heavy atom. The number of hydrogen-bond acceptors (Lipinski definition) is 5. The summed E-state index contributed by atoms with van der Waals surface area (Å²) in [7, 11) is 0. The number of carbonyl (C=O) groups excluding carboxylic acids is 1. The van der Waals surface area contributed by atoms with E-state index < -0.39 is 5.97 Å². The summed E-state index contributed by atoms with van der Waals surface area (Å²) in [6.45, 7) is 3.19. The minimum Gasteiger partial charge on any atom is -0.481 e. The number of amides is 1. The Labute approximate surface area is 156 Å². The first-order valence-electron chi connectivity index (χ1n) is 8.59. The number of anilines is 2. The zero-order valence-corrected chi connectivity index (χ0v) is 15.2. The monoisotopic (exact) mass is 374 g/mol. The van der Waals surface area contributed by atoms with Crippen LogP contribution >= 0.6 is 11.3 Å². The predicted molar refractivity (Wildman–Crippen MR) is 102 cm³/mol. The second kappa shape index (κ2) is 8.82. The second-order valence-corrected chi connectivity index (χ2v) is 7.19. The first-order chi connectivity index (χ1) is 12.6. The van der Waals surface area contributed by atoms with E-state index >= 15 is 0 Å². The highest BCUT2D eigenvalue weighted by molar-refractivity contribution is 7.10. The lowest BCUT2D eigenvalue weighted by molar-refractivity contribution is -0.137. The van der Waals surface area contributed by atoms with Gasteiger partial charge in [-0.2, -0.15) is 0 Å². The molecule has 6 nitrogen and oxygen atoms in total. The van der Waals surface area contributed by atoms with Crippen molar-refractivity contribution in [1.82, 2.24) is 0 Å². The summed E-state index contributed by atoms with van der Waals surface area (Å²) < 4.78 is 5.35. The van der Waals surface area contributed by atoms with E-state index in [9.17, 15) is 9.59 Å². The number of morpholine rings is 1. The van der Waals surface area contributed by atoms with Crippen LogP contribution in [0.1, 0.15) is 23.6 Å². The number of nitrogens with one attached hydrogen (secondary N) is 1. The summed E-state index contributed by atoms with van der Waals surface area (Å²) in [6, 6.07) is 11.5. The predicted octanol–water partition coefficient (Wildman–Crippen LogP) is 3.17. The maximum absolute atomic E-state index is 12.4. The number of nitrogens with zero attached hydrogens (tertiary/aromatic N) is 1. The van der Waals surface area contributed by atoms with Gasteiger partial charge in [0.15, 0.2) is 0 Å². The van der Waals surface area contributed by atoms with Crippen LogP contribution in [0.2, 0.25) is 0 Å². The number of carboxylic acid groups (broad SMARTS) is 1. The van der Waals surface area contributed by atoms with Gasteiger partial charge in [-0.3, -0.25) is 9.59 Å². The first kappa shape index (κ1) is 18.4. The van der Waals surface area contributed by atoms with Gasteiger partial charge in [0.2, 0.25) is 5.91 Å². The van der Waals surface area contributed by atoms with Gasteiger partial charge >= 0.3 is 5.97 Å². The number of hydrogen-bond donors (Lipinski definition) is 2. The molecule has 7 heteroatoms. The molecule has 1 aromatic carbocycles. The van der Waals surface area contributed by atoms with Crippen LogP contribution < -0.4 is 10.2 Å². The average Bonchev–Trinajstić information content (AvgIpc) is 3.17. The van der Waals surface area contributed by atoms with Gasteiger partial charge in [-0.25, -0.2) is 0 Å². The maximum Gasteiger partial charge on any atom is 0.304 e. The van der Waals surface area contributed by atoms with Gasteiger partial charge in [0.05, 0.1) is 19.6 Å². The number of aliphatic carboxylic acids is 1. The van der Waals surface area contributed by atoms with Crippen LogP contribution in [0.15, 0.2) is 41.8 Å². The molecule has 138 valence electrons. The van der Waals surface area contributed by atoms with E-state index in [0.29, 0.717) is 5.69 Å². The lowest BCUT2D eigenvalue weighted by Gasteiger charge is -2.28. The summed E-state index contributed by atoms with van der Waals surface area (Å²) in [4.78, 5) is 26.6. The SMILES string of the molecule is O=C(O)C[C@H](CC(=O)Nc1ccc(N2CCOCC2)cc1)c1cccs1. The smallest absolute Gasteiger partial charge is 0.304 e. The summed E-state index contributed by atoms with van der Waals surface area (Å²) in [6.07, 6.45) is 0.0991. The fourth-order valence-corrected chi connectivity index (χ4v) is 3.85. The molecule has 1 amide bonds. The molecule has 2 N–H and O–H groups in total. The van der Waals surface area contributed by atoms with Crippen LogP contribution in [0, 0.1) is 0 Å². The highest BCUT2D eigenvalue weighted by Crippen LogP contribution is 2.28. The van der Waals surface area contributed by atoms with E-state index in [1.165, 1.54) is 11.3 Å². The van der Waals surface area contributed by atoms with Crippen molar-refractivity contribution in [3.63, 3.8) is 0 Å². The number of carboxylic acids is 1. The summed E-state index contributed by atoms with van der Waals surface area (Å²) in [5, 5.41) is 13.9. The summed E-state index contributed by atoms with van der Waals surface area (Å²) in [5.41, 5.74) is 1.82. The molecule has 0 spiro atoms. The zero-order chi connectivity index (χ0) is 18.4. The van der Waals surface area contributed by atoms with Crippen molar-refractivity contribution >= 4 is 34.6 Å². The molecule has 0 bridgehead atoms. The van der Waals surface area contributed by atoms with E-state index in [1.807, 2.05) is 41.8 Å². The van der Waals surface area contributed by atoms with E-state index in [-0.39, 0.29) is 24.7 Å². The zero-order valence-electron chi connectivity index (χ0n) is 14.4. The molecule has 0 radical (unpaired) electrons. The fourth-order valence-electron chi connectivity index (χ4n) is 3.02. The van der Waals surface area contributed by atoms with Crippen LogP contribution in [0.3, 0.4) is 0 Å². The number of rotatable bonds is 7. The van der Waals surface area contributed by atoms with Crippen molar-refractivity contribution in [3.8, 4) is 0 Å². The molecule has 0 saturated carbocycles. The topological polar surface area (TPSA) is 78.9 Å². The van der Waals surface area contributed by atoms with Gasteiger partial charge in [-0.1, -0.05) is 6.07 Å². The maximum atomic E-state index is 12.4. The number of ether oxygens (including phenoxy) is 1. The summed E-state index contributed by atoms with van der Waals surface area (Å²) in [5.74, 6) is -1.38. The Bertz CT molecular complexity index is 725. The van der Waals surface area contributed by atoms with Gasteiger partial charge < -0.3 is 20.1 Å². The van der Waals surface area contributed by atoms with E-state index in [1.54, 1.807) is 0 Å². The molecule has 0 unspecified atom stereocenters.